The molecule has 0 fully saturated rings. The number of hydrogen-bond acceptors (Lipinski definition) is 5. The highest BCUT2D eigenvalue weighted by atomic mass is 32.1. The average Bonchev–Trinajstić information content (AvgIpc) is 3.62. The number of pyridine rings is 1. The fourth-order valence-electron chi connectivity index (χ4n) is 5.30. The van der Waals surface area contributed by atoms with Gasteiger partial charge >= 0.3 is 0 Å². The normalized spacial score (nSPS) is 15.8. The fourth-order valence-corrected chi connectivity index (χ4v) is 6.24. The van der Waals surface area contributed by atoms with Gasteiger partial charge in [-0.25, -0.2) is 23.1 Å². The molecule has 0 aliphatic carbocycles. The van der Waals surface area contributed by atoms with Crippen LogP contribution in [0.1, 0.15) is 24.0 Å². The number of halogens is 3. The second kappa shape index (κ2) is 10.2. The van der Waals surface area contributed by atoms with Crippen molar-refractivity contribution in [2.24, 2.45) is 7.05 Å². The summed E-state index contributed by atoms with van der Waals surface area (Å²) >= 11 is 1.16. The molecule has 0 N–H and O–H groups in total. The first-order chi connectivity index (χ1) is 19.7. The molecule has 1 atom stereocenters. The molecule has 208 valence electrons. The Kier molecular flexibility index (Phi) is 6.61. The van der Waals surface area contributed by atoms with Crippen LogP contribution in [0.25, 0.3) is 49.8 Å². The highest BCUT2D eigenvalue weighted by Gasteiger charge is 2.29. The average molecular weight is 575 g/mol. The Labute approximate surface area is 237 Å². The van der Waals surface area contributed by atoms with Crippen LogP contribution in [-0.4, -0.2) is 41.2 Å². The quantitative estimate of drug-likeness (QED) is 0.170. The van der Waals surface area contributed by atoms with Gasteiger partial charge in [-0.3, -0.25) is 9.48 Å². The van der Waals surface area contributed by atoms with E-state index in [0.717, 1.165) is 40.0 Å². The molecular weight excluding hydrogens is 549 g/mol. The summed E-state index contributed by atoms with van der Waals surface area (Å²) < 4.78 is 47.3. The summed E-state index contributed by atoms with van der Waals surface area (Å²) in [6, 6.07) is 7.35. The van der Waals surface area contributed by atoms with E-state index in [1.807, 2.05) is 43.7 Å². The van der Waals surface area contributed by atoms with Crippen molar-refractivity contribution in [2.75, 3.05) is 0 Å². The lowest BCUT2D eigenvalue weighted by atomic mass is 10.0. The van der Waals surface area contributed by atoms with Gasteiger partial charge in [0, 0.05) is 41.1 Å². The summed E-state index contributed by atoms with van der Waals surface area (Å²) in [5, 5.41) is 6.25. The number of benzene rings is 1. The zero-order valence-corrected chi connectivity index (χ0v) is 23.3. The maximum Gasteiger partial charge on any atom is 0.246 e. The van der Waals surface area contributed by atoms with Gasteiger partial charge < -0.3 is 9.47 Å². The van der Waals surface area contributed by atoms with Gasteiger partial charge in [0.1, 0.15) is 23.2 Å². The van der Waals surface area contributed by atoms with Crippen molar-refractivity contribution in [3.63, 3.8) is 0 Å². The van der Waals surface area contributed by atoms with Crippen molar-refractivity contribution in [1.82, 2.24) is 29.2 Å². The van der Waals surface area contributed by atoms with Gasteiger partial charge in [0.25, 0.3) is 0 Å². The van der Waals surface area contributed by atoms with E-state index in [-0.39, 0.29) is 34.9 Å². The molecule has 1 aliphatic rings. The molecule has 0 unspecified atom stereocenters. The Morgan fingerprint density at radius 3 is 2.78 bits per heavy atom. The summed E-state index contributed by atoms with van der Waals surface area (Å²) in [6.07, 6.45) is 3.08. The number of thiophene rings is 1. The molecule has 0 radical (unpaired) electrons. The molecule has 11 heteroatoms. The molecule has 7 nitrogen and oxygen atoms in total. The summed E-state index contributed by atoms with van der Waals surface area (Å²) in [7, 11) is 1.93. The zero-order valence-electron chi connectivity index (χ0n) is 22.5. The van der Waals surface area contributed by atoms with Crippen molar-refractivity contribution >= 4 is 44.4 Å². The Morgan fingerprint density at radius 1 is 1.22 bits per heavy atom. The van der Waals surface area contributed by atoms with Crippen LogP contribution >= 0.6 is 11.3 Å². The maximum atomic E-state index is 15.4. The van der Waals surface area contributed by atoms with Crippen LogP contribution in [0.5, 0.6) is 0 Å². The standard InChI is InChI=1S/C30H25F3N6OS/c1-5-26(40)38-14-20-12-24(36-39(20)13-16(38)2)29-21(11-19(32)8-9-31)27-22(33)15-41-30(27)28(35-29)18-6-7-25-23(10-18)34-17(3)37(25)4/h5-12,15-16H,1,13-14H2,2-4H3/b9-8+,19-11?/t16-/m0/s1. The topological polar surface area (TPSA) is 68.8 Å². The van der Waals surface area contributed by atoms with Gasteiger partial charge in [0.15, 0.2) is 0 Å². The minimum atomic E-state index is -0.902. The number of hydrogen-bond donors (Lipinski definition) is 0. The van der Waals surface area contributed by atoms with Crippen molar-refractivity contribution in [2.45, 2.75) is 33.0 Å². The van der Waals surface area contributed by atoms with Crippen LogP contribution in [0.2, 0.25) is 0 Å². The summed E-state index contributed by atoms with van der Waals surface area (Å²) in [5.74, 6) is -0.802. The molecule has 1 aliphatic heterocycles. The number of aryl methyl sites for hydroxylation is 2. The Hall–Kier alpha value is -4.51. The number of carbonyl (C=O) groups excluding carboxylic acids is 1. The molecule has 0 saturated heterocycles. The maximum absolute atomic E-state index is 15.4. The number of rotatable bonds is 5. The van der Waals surface area contributed by atoms with E-state index < -0.39 is 11.6 Å². The van der Waals surface area contributed by atoms with E-state index in [1.54, 1.807) is 15.6 Å². The molecule has 41 heavy (non-hydrogen) atoms. The first-order valence-electron chi connectivity index (χ1n) is 12.9. The van der Waals surface area contributed by atoms with Gasteiger partial charge in [-0.05, 0) is 44.2 Å². The predicted molar refractivity (Wildman–Crippen MR) is 155 cm³/mol. The van der Waals surface area contributed by atoms with Gasteiger partial charge in [0.2, 0.25) is 5.91 Å². The fraction of sp³-hybridized carbons (Fsp3) is 0.200. The monoisotopic (exact) mass is 574 g/mol. The van der Waals surface area contributed by atoms with Gasteiger partial charge in [-0.15, -0.1) is 11.3 Å². The zero-order chi connectivity index (χ0) is 29.0. The lowest BCUT2D eigenvalue weighted by Crippen LogP contribution is -2.44. The number of allylic oxidation sites excluding steroid dienone is 2. The Bertz CT molecular complexity index is 1930. The van der Waals surface area contributed by atoms with Crippen LogP contribution in [-0.2, 0) is 24.9 Å². The third-order valence-corrected chi connectivity index (χ3v) is 8.41. The summed E-state index contributed by atoms with van der Waals surface area (Å²) in [5.41, 5.74) is 4.42. The van der Waals surface area contributed by atoms with Crippen molar-refractivity contribution in [3.05, 3.63) is 83.4 Å². The van der Waals surface area contributed by atoms with E-state index in [9.17, 15) is 13.6 Å². The minimum absolute atomic E-state index is 0.0838. The molecule has 5 aromatic rings. The number of nitrogens with zero attached hydrogens (tertiary/aromatic N) is 6. The van der Waals surface area contributed by atoms with E-state index >= 15 is 4.39 Å². The molecule has 1 aromatic carbocycles. The highest BCUT2D eigenvalue weighted by Crippen LogP contribution is 2.41. The SMILES string of the molecule is C=CC(=O)N1Cc2cc(-c3nc(-c4ccc5c(c4)nc(C)n5C)c4scc(F)c4c3C=C(F)/C=C/F)nn2C[C@@H]1C. The number of imidazole rings is 1. The Balaban J connectivity index is 1.60. The van der Waals surface area contributed by atoms with Crippen molar-refractivity contribution < 1.29 is 18.0 Å². The molecule has 0 saturated carbocycles. The molecular formula is C30H25F3N6OS. The van der Waals surface area contributed by atoms with Crippen LogP contribution in [0.3, 0.4) is 0 Å². The smallest absolute Gasteiger partial charge is 0.246 e. The van der Waals surface area contributed by atoms with Crippen LogP contribution in [0.15, 0.2) is 60.5 Å². The van der Waals surface area contributed by atoms with Gasteiger partial charge in [-0.2, -0.15) is 5.10 Å². The van der Waals surface area contributed by atoms with E-state index in [2.05, 4.69) is 11.6 Å². The lowest BCUT2D eigenvalue weighted by Gasteiger charge is -2.33. The largest absolute Gasteiger partial charge is 0.331 e. The number of carbonyl (C=O) groups is 1. The predicted octanol–water partition coefficient (Wildman–Crippen LogP) is 6.87. The molecule has 6 rings (SSSR count). The first kappa shape index (κ1) is 26.7. The number of aromatic nitrogens is 5. The lowest BCUT2D eigenvalue weighted by molar-refractivity contribution is -0.129. The van der Waals surface area contributed by atoms with Crippen molar-refractivity contribution in [1.29, 1.82) is 0 Å². The molecule has 1 amide bonds. The molecule has 4 aromatic heterocycles. The minimum Gasteiger partial charge on any atom is -0.331 e. The first-order valence-corrected chi connectivity index (χ1v) is 13.8. The summed E-state index contributed by atoms with van der Waals surface area (Å²) in [6.45, 7) is 8.14. The van der Waals surface area contributed by atoms with Gasteiger partial charge in [0.05, 0.1) is 52.2 Å². The number of fused-ring (bicyclic) bond motifs is 3. The highest BCUT2D eigenvalue weighted by molar-refractivity contribution is 7.17. The third kappa shape index (κ3) is 4.46. The number of amides is 1. The van der Waals surface area contributed by atoms with Crippen LogP contribution < -0.4 is 0 Å². The van der Waals surface area contributed by atoms with Gasteiger partial charge in [-0.1, -0.05) is 12.6 Å². The van der Waals surface area contributed by atoms with Crippen LogP contribution in [0, 0.1) is 12.7 Å². The Morgan fingerprint density at radius 2 is 2.02 bits per heavy atom. The van der Waals surface area contributed by atoms with Crippen LogP contribution in [0.4, 0.5) is 13.2 Å². The van der Waals surface area contributed by atoms with E-state index in [0.29, 0.717) is 40.8 Å². The molecule has 0 spiro atoms. The third-order valence-electron chi connectivity index (χ3n) is 7.46. The van der Waals surface area contributed by atoms with E-state index in [1.165, 1.54) is 11.5 Å². The summed E-state index contributed by atoms with van der Waals surface area (Å²) in [4.78, 5) is 23.7. The van der Waals surface area contributed by atoms with Crippen molar-refractivity contribution in [3.8, 4) is 22.6 Å². The second-order valence-corrected chi connectivity index (χ2v) is 10.9. The molecule has 5 heterocycles. The second-order valence-electron chi connectivity index (χ2n) is 9.98. The van der Waals surface area contributed by atoms with E-state index in [4.69, 9.17) is 10.1 Å². The molecule has 0 bridgehead atoms.